The summed E-state index contributed by atoms with van der Waals surface area (Å²) in [5.74, 6) is -0.805. The molecule has 8 heteroatoms. The third kappa shape index (κ3) is 7.80. The quantitative estimate of drug-likeness (QED) is 0.352. The molecule has 1 unspecified atom stereocenters. The molecule has 1 aromatic rings. The number of aryl methyl sites for hydroxylation is 1. The van der Waals surface area contributed by atoms with E-state index in [2.05, 4.69) is 5.32 Å². The molecule has 0 aromatic heterocycles. The smallest absolute Gasteiger partial charge is 0.338 e. The number of rotatable bonds is 11. The molecule has 0 aliphatic carbocycles. The maximum atomic E-state index is 12.2. The standard InChI is InChI=1S/C19H25ClN2O5/c1-4-14-5-6-15(11-17(14)20)19(25)27-12-16(26-3)7-9-22(13-23)10-8-18(24)21-2/h5-6,8,10-11,13,16H,4,7,9,12H2,1-3H3,(H,21,24)/b10-8-. The molecule has 7 nitrogen and oxygen atoms in total. The van der Waals surface area contributed by atoms with Crippen LogP contribution in [0.25, 0.3) is 0 Å². The van der Waals surface area contributed by atoms with Crippen LogP contribution < -0.4 is 5.32 Å². The molecule has 0 heterocycles. The Kier molecular flexibility index (Phi) is 10.1. The molecule has 0 radical (unpaired) electrons. The van der Waals surface area contributed by atoms with Crippen molar-refractivity contribution in [1.29, 1.82) is 0 Å². The number of methoxy groups -OCH3 is 1. The Balaban J connectivity index is 2.54. The van der Waals surface area contributed by atoms with Gasteiger partial charge in [-0.2, -0.15) is 0 Å². The minimum absolute atomic E-state index is 0.0361. The summed E-state index contributed by atoms with van der Waals surface area (Å²) in [4.78, 5) is 35.7. The number of carbonyl (C=O) groups is 3. The van der Waals surface area contributed by atoms with Gasteiger partial charge < -0.3 is 19.7 Å². The molecule has 0 aliphatic heterocycles. The van der Waals surface area contributed by atoms with E-state index in [1.165, 1.54) is 31.3 Å². The molecule has 148 valence electrons. The minimum Gasteiger partial charge on any atom is -0.459 e. The molecule has 1 atom stereocenters. The van der Waals surface area contributed by atoms with E-state index >= 15 is 0 Å². The highest BCUT2D eigenvalue weighted by Gasteiger charge is 2.15. The van der Waals surface area contributed by atoms with Crippen LogP contribution >= 0.6 is 11.6 Å². The van der Waals surface area contributed by atoms with Crippen molar-refractivity contribution in [3.05, 3.63) is 46.6 Å². The van der Waals surface area contributed by atoms with Crippen LogP contribution in [-0.4, -0.2) is 56.6 Å². The van der Waals surface area contributed by atoms with Gasteiger partial charge in [0.2, 0.25) is 12.3 Å². The lowest BCUT2D eigenvalue weighted by Gasteiger charge is -2.18. The molecule has 0 bridgehead atoms. The van der Waals surface area contributed by atoms with Gasteiger partial charge in [0.1, 0.15) is 6.61 Å². The van der Waals surface area contributed by atoms with Crippen LogP contribution in [0.5, 0.6) is 0 Å². The lowest BCUT2D eigenvalue weighted by Crippen LogP contribution is -2.27. The monoisotopic (exact) mass is 396 g/mol. The topological polar surface area (TPSA) is 84.9 Å². The molecule has 1 N–H and O–H groups in total. The third-order valence-electron chi connectivity index (χ3n) is 3.91. The van der Waals surface area contributed by atoms with Crippen molar-refractivity contribution in [2.24, 2.45) is 0 Å². The summed E-state index contributed by atoms with van der Waals surface area (Å²) in [6.07, 6.45) is 4.05. The van der Waals surface area contributed by atoms with E-state index in [-0.39, 0.29) is 12.5 Å². The van der Waals surface area contributed by atoms with E-state index < -0.39 is 12.1 Å². The molecular weight excluding hydrogens is 372 g/mol. The van der Waals surface area contributed by atoms with Gasteiger partial charge in [0.05, 0.1) is 11.7 Å². The first-order valence-electron chi connectivity index (χ1n) is 8.54. The van der Waals surface area contributed by atoms with Crippen LogP contribution in [0, 0.1) is 0 Å². The average molecular weight is 397 g/mol. The number of halogens is 1. The van der Waals surface area contributed by atoms with Crippen molar-refractivity contribution >= 4 is 29.9 Å². The first-order chi connectivity index (χ1) is 12.9. The van der Waals surface area contributed by atoms with Crippen molar-refractivity contribution in [2.75, 3.05) is 27.3 Å². The summed E-state index contributed by atoms with van der Waals surface area (Å²) < 4.78 is 10.6. The van der Waals surface area contributed by atoms with Crippen molar-refractivity contribution in [3.63, 3.8) is 0 Å². The molecule has 1 rings (SSSR count). The van der Waals surface area contributed by atoms with Gasteiger partial charge in [0, 0.05) is 38.0 Å². The van der Waals surface area contributed by atoms with E-state index in [0.717, 1.165) is 12.0 Å². The molecule has 1 aromatic carbocycles. The lowest BCUT2D eigenvalue weighted by molar-refractivity contribution is -0.116. The maximum Gasteiger partial charge on any atom is 0.338 e. The summed E-state index contributed by atoms with van der Waals surface area (Å²) in [5, 5.41) is 2.95. The number of likely N-dealkylation sites (N-methyl/N-ethyl adjacent to an activating group) is 1. The number of hydrogen-bond acceptors (Lipinski definition) is 5. The predicted molar refractivity (Wildman–Crippen MR) is 103 cm³/mol. The van der Waals surface area contributed by atoms with Crippen LogP contribution in [-0.2, 0) is 25.5 Å². The second-order valence-corrected chi connectivity index (χ2v) is 6.09. The lowest BCUT2D eigenvalue weighted by atomic mass is 10.1. The summed E-state index contributed by atoms with van der Waals surface area (Å²) in [7, 11) is 2.99. The number of nitrogens with one attached hydrogen (secondary N) is 1. The molecule has 0 saturated heterocycles. The summed E-state index contributed by atoms with van der Waals surface area (Å²) >= 11 is 6.12. The molecule has 0 saturated carbocycles. The van der Waals surface area contributed by atoms with E-state index in [9.17, 15) is 14.4 Å². The number of nitrogens with zero attached hydrogens (tertiary/aromatic N) is 1. The molecule has 27 heavy (non-hydrogen) atoms. The van der Waals surface area contributed by atoms with Crippen molar-refractivity contribution in [2.45, 2.75) is 25.9 Å². The predicted octanol–water partition coefficient (Wildman–Crippen LogP) is 2.18. The van der Waals surface area contributed by atoms with E-state index in [4.69, 9.17) is 21.1 Å². The second kappa shape index (κ2) is 12.1. The van der Waals surface area contributed by atoms with Gasteiger partial charge in [-0.3, -0.25) is 9.59 Å². The Morgan fingerprint density at radius 2 is 2.11 bits per heavy atom. The zero-order valence-electron chi connectivity index (χ0n) is 15.7. The molecular formula is C19H25ClN2O5. The van der Waals surface area contributed by atoms with Gasteiger partial charge >= 0.3 is 5.97 Å². The van der Waals surface area contributed by atoms with Gasteiger partial charge in [-0.05, 0) is 30.5 Å². The second-order valence-electron chi connectivity index (χ2n) is 5.68. The van der Waals surface area contributed by atoms with E-state index in [0.29, 0.717) is 30.0 Å². The van der Waals surface area contributed by atoms with Crippen LogP contribution in [0.1, 0.15) is 29.3 Å². The van der Waals surface area contributed by atoms with Crippen molar-refractivity contribution in [1.82, 2.24) is 10.2 Å². The fourth-order valence-corrected chi connectivity index (χ4v) is 2.50. The fourth-order valence-electron chi connectivity index (χ4n) is 2.18. The molecule has 0 spiro atoms. The Labute approximate surface area is 164 Å². The largest absolute Gasteiger partial charge is 0.459 e. The number of hydrogen-bond donors (Lipinski definition) is 1. The number of esters is 1. The zero-order valence-corrected chi connectivity index (χ0v) is 16.5. The van der Waals surface area contributed by atoms with Crippen LogP contribution in [0.15, 0.2) is 30.5 Å². The first kappa shape index (κ1) is 22.7. The summed E-state index contributed by atoms with van der Waals surface area (Å²) in [6, 6.07) is 5.06. The average Bonchev–Trinajstić information content (AvgIpc) is 2.69. The van der Waals surface area contributed by atoms with Gasteiger partial charge in [-0.25, -0.2) is 4.79 Å². The summed E-state index contributed by atoms with van der Waals surface area (Å²) in [5.41, 5.74) is 1.33. The number of benzene rings is 1. The molecule has 0 aliphatic rings. The molecule has 0 fully saturated rings. The molecule has 2 amide bonds. The number of carbonyl (C=O) groups excluding carboxylic acids is 3. The Hall–Kier alpha value is -2.38. The third-order valence-corrected chi connectivity index (χ3v) is 4.26. The van der Waals surface area contributed by atoms with Gasteiger partial charge in [0.25, 0.3) is 0 Å². The van der Waals surface area contributed by atoms with Gasteiger partial charge in [0.15, 0.2) is 0 Å². The number of ether oxygens (including phenoxy) is 2. The first-order valence-corrected chi connectivity index (χ1v) is 8.92. The summed E-state index contributed by atoms with van der Waals surface area (Å²) in [6.45, 7) is 2.33. The highest BCUT2D eigenvalue weighted by atomic mass is 35.5. The van der Waals surface area contributed by atoms with Crippen LogP contribution in [0.2, 0.25) is 5.02 Å². The SMILES string of the molecule is CCc1ccc(C(=O)OCC(CCN(C=O)/C=C\C(=O)NC)OC)cc1Cl. The number of amides is 2. The van der Waals surface area contributed by atoms with Crippen molar-refractivity contribution in [3.8, 4) is 0 Å². The van der Waals surface area contributed by atoms with E-state index in [1.807, 2.05) is 6.92 Å². The zero-order chi connectivity index (χ0) is 20.2. The highest BCUT2D eigenvalue weighted by Crippen LogP contribution is 2.19. The highest BCUT2D eigenvalue weighted by molar-refractivity contribution is 6.31. The van der Waals surface area contributed by atoms with Crippen LogP contribution in [0.4, 0.5) is 0 Å². The normalized spacial score (nSPS) is 11.9. The minimum atomic E-state index is -0.492. The van der Waals surface area contributed by atoms with Gasteiger partial charge in [-0.15, -0.1) is 0 Å². The van der Waals surface area contributed by atoms with Crippen molar-refractivity contribution < 1.29 is 23.9 Å². The van der Waals surface area contributed by atoms with Crippen LogP contribution in [0.3, 0.4) is 0 Å². The van der Waals surface area contributed by atoms with E-state index in [1.54, 1.807) is 18.2 Å². The Bertz CT molecular complexity index is 678. The fraction of sp³-hybridized carbons (Fsp3) is 0.421. The maximum absolute atomic E-state index is 12.2. The Morgan fingerprint density at radius 1 is 1.37 bits per heavy atom. The Morgan fingerprint density at radius 3 is 2.67 bits per heavy atom. The van der Waals surface area contributed by atoms with Gasteiger partial charge in [-0.1, -0.05) is 24.6 Å².